The third-order valence-corrected chi connectivity index (χ3v) is 1.55. The predicted molar refractivity (Wildman–Crippen MR) is 35.6 cm³/mol. The Balaban J connectivity index is 5.17. The fraction of sp³-hybridized carbons (Fsp3) is 0.667. The van der Waals surface area contributed by atoms with Crippen molar-refractivity contribution < 1.29 is 29.4 Å². The third kappa shape index (κ3) is 1.39. The van der Waals surface area contributed by atoms with Crippen LogP contribution in [0.15, 0.2) is 0 Å². The number of likely N-dealkylation sites (N-methyl/N-ethyl adjacent to an activating group) is 1. The minimum absolute atomic E-state index is 0.662. The average molecular weight is 177 g/mol. The first-order valence-corrected chi connectivity index (χ1v) is 3.12. The third-order valence-electron chi connectivity index (χ3n) is 1.55. The summed E-state index contributed by atoms with van der Waals surface area (Å²) >= 11 is 0. The molecule has 0 fully saturated rings. The first kappa shape index (κ1) is 10.9. The predicted octanol–water partition coefficient (Wildman–Crippen LogP) is -2.78. The van der Waals surface area contributed by atoms with Crippen LogP contribution in [0, 0.1) is 0 Å². The summed E-state index contributed by atoms with van der Waals surface area (Å²) in [4.78, 5) is 20.8. The van der Waals surface area contributed by atoms with Crippen molar-refractivity contribution in [2.24, 2.45) is 0 Å². The van der Waals surface area contributed by atoms with E-state index in [1.54, 1.807) is 0 Å². The number of hydrogen-bond acceptors (Lipinski definition) is 4. The summed E-state index contributed by atoms with van der Waals surface area (Å²) in [6.07, 6.45) is 0. The molecule has 0 bridgehead atoms. The monoisotopic (exact) mass is 177 g/mol. The smallest absolute Gasteiger partial charge is 0.402 e. The molecule has 1 unspecified atom stereocenters. The lowest BCUT2D eigenvalue weighted by Gasteiger charge is -2.38. The zero-order chi connectivity index (χ0) is 10.2. The Hall–Kier alpha value is -1.14. The maximum atomic E-state index is 10.4. The number of carboxylic acid groups (broad SMARTS) is 2. The van der Waals surface area contributed by atoms with Gasteiger partial charge in [0, 0.05) is 0 Å². The van der Waals surface area contributed by atoms with E-state index in [-0.39, 0.29) is 0 Å². The van der Waals surface area contributed by atoms with E-state index < -0.39 is 22.1 Å². The second kappa shape index (κ2) is 2.72. The molecule has 0 aromatic carbocycles. The molecule has 0 aliphatic rings. The van der Waals surface area contributed by atoms with Gasteiger partial charge in [-0.3, -0.25) is 4.48 Å². The summed E-state index contributed by atoms with van der Waals surface area (Å²) in [5.74, 6) is -3.86. The van der Waals surface area contributed by atoms with E-state index in [9.17, 15) is 19.8 Å². The van der Waals surface area contributed by atoms with Crippen LogP contribution < -0.4 is 5.11 Å². The van der Waals surface area contributed by atoms with Crippen molar-refractivity contribution in [1.82, 2.24) is 0 Å². The van der Waals surface area contributed by atoms with Gasteiger partial charge in [0.1, 0.15) is 5.97 Å². The molecule has 0 spiro atoms. The van der Waals surface area contributed by atoms with E-state index in [1.165, 1.54) is 21.1 Å². The highest BCUT2D eigenvalue weighted by molar-refractivity contribution is 5.98. The van der Waals surface area contributed by atoms with Gasteiger partial charge in [-0.25, -0.2) is 4.79 Å². The van der Waals surface area contributed by atoms with Gasteiger partial charge in [0.05, 0.1) is 21.1 Å². The minimum Gasteiger partial charge on any atom is -0.541 e. The molecular weight excluding hydrogens is 166 g/mol. The van der Waals surface area contributed by atoms with Gasteiger partial charge in [-0.15, -0.1) is 0 Å². The van der Waals surface area contributed by atoms with Crippen LogP contribution >= 0.6 is 0 Å². The molecule has 0 amide bonds. The fourth-order valence-electron chi connectivity index (χ4n) is 0.648. The molecular formula is C6H11NO5. The van der Waals surface area contributed by atoms with Crippen LogP contribution in [-0.2, 0) is 9.59 Å². The quantitative estimate of drug-likeness (QED) is 0.276. The number of carbonyl (C=O) groups is 2. The van der Waals surface area contributed by atoms with Crippen molar-refractivity contribution in [3.63, 3.8) is 0 Å². The van der Waals surface area contributed by atoms with Crippen molar-refractivity contribution in [3.05, 3.63) is 0 Å². The van der Waals surface area contributed by atoms with Gasteiger partial charge in [-0.1, -0.05) is 0 Å². The normalized spacial score (nSPS) is 16.7. The standard InChI is InChI=1S/C6H11NO5/c1-7(2,3)6(12,4(8)9)5(10)11/h12H,1-3H3,(H-,8,9,10,11). The minimum atomic E-state index is -2.90. The van der Waals surface area contributed by atoms with Gasteiger partial charge in [0.25, 0.3) is 0 Å². The fourth-order valence-corrected chi connectivity index (χ4v) is 0.648. The number of rotatable bonds is 3. The summed E-state index contributed by atoms with van der Waals surface area (Å²) in [5.41, 5.74) is -2.90. The number of hydrogen-bond donors (Lipinski definition) is 2. The van der Waals surface area contributed by atoms with Crippen LogP contribution in [0.1, 0.15) is 0 Å². The molecule has 6 heteroatoms. The largest absolute Gasteiger partial charge is 0.541 e. The van der Waals surface area contributed by atoms with E-state index in [2.05, 4.69) is 0 Å². The lowest BCUT2D eigenvalue weighted by atomic mass is 10.2. The topological polar surface area (TPSA) is 97.7 Å². The Morgan fingerprint density at radius 1 is 1.33 bits per heavy atom. The van der Waals surface area contributed by atoms with Gasteiger partial charge < -0.3 is 20.1 Å². The molecule has 0 aliphatic carbocycles. The highest BCUT2D eigenvalue weighted by atomic mass is 16.5. The molecule has 70 valence electrons. The number of nitrogens with zero attached hydrogens (tertiary/aromatic N) is 1. The summed E-state index contributed by atoms with van der Waals surface area (Å²) in [6, 6.07) is 0. The van der Waals surface area contributed by atoms with Crippen molar-refractivity contribution >= 4 is 11.9 Å². The van der Waals surface area contributed by atoms with E-state index in [0.717, 1.165) is 0 Å². The van der Waals surface area contributed by atoms with Crippen molar-refractivity contribution in [2.75, 3.05) is 21.1 Å². The lowest BCUT2D eigenvalue weighted by Crippen LogP contribution is -2.70. The van der Waals surface area contributed by atoms with E-state index in [4.69, 9.17) is 5.11 Å². The van der Waals surface area contributed by atoms with Crippen LogP contribution in [0.2, 0.25) is 0 Å². The van der Waals surface area contributed by atoms with E-state index in [1.807, 2.05) is 0 Å². The molecule has 0 rings (SSSR count). The van der Waals surface area contributed by atoms with Crippen molar-refractivity contribution in [2.45, 2.75) is 5.72 Å². The second-order valence-electron chi connectivity index (χ2n) is 3.28. The number of quaternary nitrogens is 1. The van der Waals surface area contributed by atoms with Crippen LogP contribution in [-0.4, -0.2) is 53.5 Å². The highest BCUT2D eigenvalue weighted by Crippen LogP contribution is 2.14. The Bertz CT molecular complexity index is 202. The maximum absolute atomic E-state index is 10.4. The molecule has 0 saturated carbocycles. The molecule has 0 heterocycles. The van der Waals surface area contributed by atoms with Crippen LogP contribution in [0.25, 0.3) is 0 Å². The molecule has 12 heavy (non-hydrogen) atoms. The molecule has 2 N–H and O–H groups in total. The molecule has 6 nitrogen and oxygen atoms in total. The summed E-state index contributed by atoms with van der Waals surface area (Å²) in [7, 11) is 3.72. The lowest BCUT2D eigenvalue weighted by molar-refractivity contribution is -0.930. The zero-order valence-electron chi connectivity index (χ0n) is 7.07. The number of aliphatic hydroxyl groups is 1. The van der Waals surface area contributed by atoms with Gasteiger partial charge in [-0.2, -0.15) is 0 Å². The average Bonchev–Trinajstić information content (AvgIpc) is 1.82. The Kier molecular flexibility index (Phi) is 2.46. The highest BCUT2D eigenvalue weighted by Gasteiger charge is 2.51. The molecule has 0 aliphatic heterocycles. The van der Waals surface area contributed by atoms with Gasteiger partial charge in [0.15, 0.2) is 0 Å². The first-order chi connectivity index (χ1) is 5.14. The molecule has 0 aromatic rings. The maximum Gasteiger partial charge on any atom is 0.402 e. The molecule has 0 aromatic heterocycles. The summed E-state index contributed by atoms with van der Waals surface area (Å²) < 4.78 is -0.662. The molecule has 0 saturated heterocycles. The Labute approximate surface area is 69.2 Å². The second-order valence-corrected chi connectivity index (χ2v) is 3.28. The summed E-state index contributed by atoms with van der Waals surface area (Å²) in [6.45, 7) is 0. The Morgan fingerprint density at radius 2 is 1.67 bits per heavy atom. The van der Waals surface area contributed by atoms with Crippen LogP contribution in [0.4, 0.5) is 0 Å². The van der Waals surface area contributed by atoms with Crippen molar-refractivity contribution in [3.8, 4) is 0 Å². The number of carbonyl (C=O) groups excluding carboxylic acids is 1. The zero-order valence-corrected chi connectivity index (χ0v) is 7.07. The first-order valence-electron chi connectivity index (χ1n) is 3.12. The van der Waals surface area contributed by atoms with Crippen LogP contribution in [0.5, 0.6) is 0 Å². The van der Waals surface area contributed by atoms with Gasteiger partial charge in [-0.05, 0) is 0 Å². The molecule has 1 atom stereocenters. The SMILES string of the molecule is C[N+](C)(C)C(O)(C(=O)[O-])C(=O)O. The van der Waals surface area contributed by atoms with E-state index >= 15 is 0 Å². The van der Waals surface area contributed by atoms with Gasteiger partial charge >= 0.3 is 11.7 Å². The van der Waals surface area contributed by atoms with E-state index in [0.29, 0.717) is 0 Å². The van der Waals surface area contributed by atoms with Gasteiger partial charge in [0.2, 0.25) is 0 Å². The molecule has 0 radical (unpaired) electrons. The van der Waals surface area contributed by atoms with Crippen molar-refractivity contribution in [1.29, 1.82) is 0 Å². The number of aliphatic carboxylic acids is 2. The van der Waals surface area contributed by atoms with Crippen LogP contribution in [0.3, 0.4) is 0 Å². The Morgan fingerprint density at radius 3 is 1.67 bits per heavy atom. The summed E-state index contributed by atoms with van der Waals surface area (Å²) in [5, 5.41) is 28.0. The number of carboxylic acids is 2.